The molecule has 4 heteroatoms. The van der Waals surface area contributed by atoms with Gasteiger partial charge in [0, 0.05) is 22.5 Å². The van der Waals surface area contributed by atoms with Crippen LogP contribution in [-0.2, 0) is 0 Å². The molecule has 0 saturated carbocycles. The molecule has 100 valence electrons. The van der Waals surface area contributed by atoms with Gasteiger partial charge in [0.15, 0.2) is 0 Å². The summed E-state index contributed by atoms with van der Waals surface area (Å²) in [6.07, 6.45) is 2.07. The second-order valence-electron chi connectivity index (χ2n) is 5.38. The molecule has 1 atom stereocenters. The Kier molecular flexibility index (Phi) is 4.25. The van der Waals surface area contributed by atoms with Crippen molar-refractivity contribution < 1.29 is 4.74 Å². The molecular formula is C14H19BrClNO. The molecule has 1 aliphatic heterocycles. The molecule has 2 rings (SSSR count). The highest BCUT2D eigenvalue weighted by Crippen LogP contribution is 2.44. The molecule has 2 nitrogen and oxygen atoms in total. The first kappa shape index (κ1) is 14.2. The van der Waals surface area contributed by atoms with E-state index in [1.165, 1.54) is 0 Å². The summed E-state index contributed by atoms with van der Waals surface area (Å²) in [5.41, 5.74) is 0.970. The van der Waals surface area contributed by atoms with Crippen molar-refractivity contribution in [1.29, 1.82) is 0 Å². The minimum absolute atomic E-state index is 0.185. The molecule has 0 saturated heterocycles. The van der Waals surface area contributed by atoms with Crippen molar-refractivity contribution >= 4 is 27.5 Å². The molecule has 0 aliphatic carbocycles. The standard InChI is InChI=1S/C14H19BrClNO/c1-4-5-17-12-8-14(2,3)18-13-10(12)6-9(15)7-11(13)16/h6-7,12,17H,4-5,8H2,1-3H3. The summed E-state index contributed by atoms with van der Waals surface area (Å²) in [5.74, 6) is 0.824. The highest BCUT2D eigenvalue weighted by atomic mass is 79.9. The minimum atomic E-state index is -0.185. The fourth-order valence-electron chi connectivity index (χ4n) is 2.37. The first-order chi connectivity index (χ1) is 8.43. The van der Waals surface area contributed by atoms with Crippen LogP contribution in [0.25, 0.3) is 0 Å². The lowest BCUT2D eigenvalue weighted by Crippen LogP contribution is -2.39. The van der Waals surface area contributed by atoms with Gasteiger partial charge in [-0.15, -0.1) is 0 Å². The van der Waals surface area contributed by atoms with E-state index < -0.39 is 0 Å². The van der Waals surface area contributed by atoms with Crippen molar-refractivity contribution in [2.45, 2.75) is 45.3 Å². The van der Waals surface area contributed by atoms with Gasteiger partial charge in [0.2, 0.25) is 0 Å². The smallest absolute Gasteiger partial charge is 0.143 e. The number of ether oxygens (including phenoxy) is 1. The number of hydrogen-bond acceptors (Lipinski definition) is 2. The van der Waals surface area contributed by atoms with Gasteiger partial charge in [-0.3, -0.25) is 0 Å². The largest absolute Gasteiger partial charge is 0.486 e. The third-order valence-electron chi connectivity index (χ3n) is 3.13. The van der Waals surface area contributed by atoms with E-state index in [-0.39, 0.29) is 5.60 Å². The predicted octanol–water partition coefficient (Wildman–Crippen LogP) is 4.70. The van der Waals surface area contributed by atoms with E-state index in [0.29, 0.717) is 11.1 Å². The van der Waals surface area contributed by atoms with Gasteiger partial charge in [0.05, 0.1) is 5.02 Å². The van der Waals surface area contributed by atoms with Crippen molar-refractivity contribution in [3.8, 4) is 5.75 Å². The van der Waals surface area contributed by atoms with Gasteiger partial charge in [0.25, 0.3) is 0 Å². The molecule has 0 bridgehead atoms. The third kappa shape index (κ3) is 3.01. The molecular weight excluding hydrogens is 314 g/mol. The van der Waals surface area contributed by atoms with Crippen LogP contribution in [0.4, 0.5) is 0 Å². The molecule has 1 unspecified atom stereocenters. The van der Waals surface area contributed by atoms with Gasteiger partial charge >= 0.3 is 0 Å². The Bertz CT molecular complexity index is 448. The topological polar surface area (TPSA) is 21.3 Å². The molecule has 0 aromatic heterocycles. The van der Waals surface area contributed by atoms with E-state index >= 15 is 0 Å². The van der Waals surface area contributed by atoms with Crippen molar-refractivity contribution in [3.63, 3.8) is 0 Å². The van der Waals surface area contributed by atoms with Crippen molar-refractivity contribution in [3.05, 3.63) is 27.2 Å². The number of rotatable bonds is 3. The Labute approximate surface area is 122 Å². The summed E-state index contributed by atoms with van der Waals surface area (Å²) >= 11 is 9.79. The highest BCUT2D eigenvalue weighted by Gasteiger charge is 2.34. The van der Waals surface area contributed by atoms with Crippen molar-refractivity contribution in [2.24, 2.45) is 0 Å². The second-order valence-corrected chi connectivity index (χ2v) is 6.70. The maximum Gasteiger partial charge on any atom is 0.143 e. The first-order valence-electron chi connectivity index (χ1n) is 6.34. The summed E-state index contributed by atoms with van der Waals surface area (Å²) in [6.45, 7) is 7.39. The van der Waals surface area contributed by atoms with E-state index in [1.54, 1.807) is 0 Å². The van der Waals surface area contributed by atoms with E-state index in [9.17, 15) is 0 Å². The van der Waals surface area contributed by atoms with Crippen LogP contribution in [0, 0.1) is 0 Å². The number of fused-ring (bicyclic) bond motifs is 1. The minimum Gasteiger partial charge on any atom is -0.486 e. The lowest BCUT2D eigenvalue weighted by Gasteiger charge is -2.38. The Hall–Kier alpha value is -0.250. The monoisotopic (exact) mass is 331 g/mol. The molecule has 1 aromatic carbocycles. The van der Waals surface area contributed by atoms with Gasteiger partial charge < -0.3 is 10.1 Å². The quantitative estimate of drug-likeness (QED) is 0.866. The predicted molar refractivity (Wildman–Crippen MR) is 79.5 cm³/mol. The number of hydrogen-bond donors (Lipinski definition) is 1. The van der Waals surface area contributed by atoms with Gasteiger partial charge in [-0.2, -0.15) is 0 Å². The zero-order valence-electron chi connectivity index (χ0n) is 11.0. The number of nitrogens with one attached hydrogen (secondary N) is 1. The third-order valence-corrected chi connectivity index (χ3v) is 3.87. The zero-order valence-corrected chi connectivity index (χ0v) is 13.4. The van der Waals surface area contributed by atoms with Crippen molar-refractivity contribution in [1.82, 2.24) is 5.32 Å². The fraction of sp³-hybridized carbons (Fsp3) is 0.571. The Balaban J connectivity index is 2.40. The molecule has 1 aliphatic rings. The van der Waals surface area contributed by atoms with E-state index in [0.717, 1.165) is 35.2 Å². The van der Waals surface area contributed by atoms with Crippen LogP contribution in [0.15, 0.2) is 16.6 Å². The maximum absolute atomic E-state index is 6.29. The average molecular weight is 333 g/mol. The first-order valence-corrected chi connectivity index (χ1v) is 7.51. The summed E-state index contributed by atoms with van der Waals surface area (Å²) in [7, 11) is 0. The Morgan fingerprint density at radius 2 is 2.22 bits per heavy atom. The average Bonchev–Trinajstić information content (AvgIpc) is 2.27. The normalized spacial score (nSPS) is 21.3. The van der Waals surface area contributed by atoms with Crippen LogP contribution in [-0.4, -0.2) is 12.1 Å². The van der Waals surface area contributed by atoms with Gasteiger partial charge in [-0.25, -0.2) is 0 Å². The number of benzene rings is 1. The lowest BCUT2D eigenvalue weighted by atomic mass is 9.89. The number of halogens is 2. The van der Waals surface area contributed by atoms with Crippen LogP contribution in [0.1, 0.15) is 45.2 Å². The molecule has 0 spiro atoms. The molecule has 0 amide bonds. The highest BCUT2D eigenvalue weighted by molar-refractivity contribution is 9.10. The summed E-state index contributed by atoms with van der Waals surface area (Å²) in [5, 5.41) is 4.25. The Morgan fingerprint density at radius 1 is 1.50 bits per heavy atom. The molecule has 0 radical (unpaired) electrons. The molecule has 1 N–H and O–H groups in total. The SMILES string of the molecule is CCCNC1CC(C)(C)Oc2c(Cl)cc(Br)cc21. The zero-order chi connectivity index (χ0) is 13.3. The van der Waals surface area contributed by atoms with E-state index in [4.69, 9.17) is 16.3 Å². The van der Waals surface area contributed by atoms with Crippen LogP contribution in [0.3, 0.4) is 0 Å². The van der Waals surface area contributed by atoms with Gasteiger partial charge in [-0.05, 0) is 38.9 Å². The van der Waals surface area contributed by atoms with E-state index in [1.807, 2.05) is 6.07 Å². The fourth-order valence-corrected chi connectivity index (χ4v) is 3.24. The summed E-state index contributed by atoms with van der Waals surface area (Å²) in [4.78, 5) is 0. The summed E-state index contributed by atoms with van der Waals surface area (Å²) in [6, 6.07) is 4.29. The molecule has 1 heterocycles. The molecule has 1 aromatic rings. The lowest BCUT2D eigenvalue weighted by molar-refractivity contribution is 0.0662. The van der Waals surface area contributed by atoms with Crippen LogP contribution in [0.5, 0.6) is 5.75 Å². The van der Waals surface area contributed by atoms with Crippen molar-refractivity contribution in [2.75, 3.05) is 6.54 Å². The summed E-state index contributed by atoms with van der Waals surface area (Å²) < 4.78 is 7.02. The Morgan fingerprint density at radius 3 is 2.89 bits per heavy atom. The van der Waals surface area contributed by atoms with Crippen LogP contribution >= 0.6 is 27.5 Å². The van der Waals surface area contributed by atoms with Gasteiger partial charge in [0.1, 0.15) is 11.4 Å². The van der Waals surface area contributed by atoms with Crippen LogP contribution < -0.4 is 10.1 Å². The molecule has 18 heavy (non-hydrogen) atoms. The van der Waals surface area contributed by atoms with Crippen LogP contribution in [0.2, 0.25) is 5.02 Å². The van der Waals surface area contributed by atoms with Gasteiger partial charge in [-0.1, -0.05) is 34.5 Å². The van der Waals surface area contributed by atoms with E-state index in [2.05, 4.69) is 48.1 Å². The molecule has 0 fully saturated rings. The second kappa shape index (κ2) is 5.40. The maximum atomic E-state index is 6.29.